The Hall–Kier alpha value is -1.26. The Morgan fingerprint density at radius 1 is 1.26 bits per heavy atom. The minimum Gasteiger partial charge on any atom is -0.493 e. The van der Waals surface area contributed by atoms with E-state index in [4.69, 9.17) is 26.2 Å². The molecule has 0 radical (unpaired) electrons. The molecule has 5 heteroatoms. The quantitative estimate of drug-likeness (QED) is 0.560. The molecule has 0 unspecified atom stereocenters. The van der Waals surface area contributed by atoms with Crippen LogP contribution in [-0.2, 0) is 0 Å². The molecule has 0 saturated heterocycles. The second-order valence-corrected chi connectivity index (χ2v) is 4.55. The van der Waals surface area contributed by atoms with Crippen LogP contribution in [0.3, 0.4) is 0 Å². The first-order valence-corrected chi connectivity index (χ1v) is 6.67. The maximum absolute atomic E-state index is 10.7. The Balaban J connectivity index is 2.55. The van der Waals surface area contributed by atoms with Gasteiger partial charge < -0.3 is 14.6 Å². The first-order chi connectivity index (χ1) is 9.22. The lowest BCUT2D eigenvalue weighted by Crippen LogP contribution is -2.01. The Kier molecular flexibility index (Phi) is 7.30. The highest BCUT2D eigenvalue weighted by molar-refractivity contribution is 6.32. The summed E-state index contributed by atoms with van der Waals surface area (Å²) in [5.74, 6) is 0.932. The molecule has 19 heavy (non-hydrogen) atoms. The smallest absolute Gasteiger partial charge is 0.179 e. The summed E-state index contributed by atoms with van der Waals surface area (Å²) in [4.78, 5) is 10.7. The highest BCUT2D eigenvalue weighted by Gasteiger charge is 2.11. The fraction of sp³-hybridized carbons (Fsp3) is 0.500. The van der Waals surface area contributed by atoms with E-state index in [9.17, 15) is 4.79 Å². The molecule has 0 aromatic heterocycles. The van der Waals surface area contributed by atoms with Gasteiger partial charge in [0.1, 0.15) is 6.29 Å². The summed E-state index contributed by atoms with van der Waals surface area (Å²) >= 11 is 6.06. The molecule has 0 aliphatic heterocycles. The third kappa shape index (κ3) is 5.09. The summed E-state index contributed by atoms with van der Waals surface area (Å²) in [7, 11) is 1.51. The molecule has 106 valence electrons. The number of hydrogen-bond donors (Lipinski definition) is 1. The van der Waals surface area contributed by atoms with Gasteiger partial charge in [-0.25, -0.2) is 0 Å². The molecule has 0 fully saturated rings. The van der Waals surface area contributed by atoms with E-state index < -0.39 is 0 Å². The molecule has 0 aliphatic carbocycles. The molecule has 0 saturated carbocycles. The number of ether oxygens (including phenoxy) is 2. The van der Waals surface area contributed by atoms with Gasteiger partial charge in [-0.05, 0) is 31.4 Å². The number of unbranched alkanes of at least 4 members (excludes halogenated alkanes) is 3. The lowest BCUT2D eigenvalue weighted by atomic mass is 10.2. The summed E-state index contributed by atoms with van der Waals surface area (Å²) < 4.78 is 10.8. The van der Waals surface area contributed by atoms with Crippen molar-refractivity contribution in [2.24, 2.45) is 0 Å². The number of carbonyl (C=O) groups is 1. The largest absolute Gasteiger partial charge is 0.493 e. The van der Waals surface area contributed by atoms with Gasteiger partial charge in [-0.3, -0.25) is 4.79 Å². The molecular formula is C14H19ClO4. The summed E-state index contributed by atoms with van der Waals surface area (Å²) in [5, 5.41) is 9.03. The van der Waals surface area contributed by atoms with E-state index in [0.29, 0.717) is 35.0 Å². The van der Waals surface area contributed by atoms with E-state index in [1.54, 1.807) is 12.1 Å². The molecule has 1 rings (SSSR count). The SMILES string of the molecule is COc1cc(C=O)cc(Cl)c1OCCCCCCO. The van der Waals surface area contributed by atoms with Gasteiger partial charge in [-0.1, -0.05) is 18.0 Å². The summed E-state index contributed by atoms with van der Waals surface area (Å²) in [6, 6.07) is 3.15. The molecule has 0 atom stereocenters. The van der Waals surface area contributed by atoms with Crippen molar-refractivity contribution in [3.8, 4) is 11.5 Å². The topological polar surface area (TPSA) is 55.8 Å². The van der Waals surface area contributed by atoms with Crippen LogP contribution in [0.4, 0.5) is 0 Å². The minimum absolute atomic E-state index is 0.230. The monoisotopic (exact) mass is 286 g/mol. The Bertz CT molecular complexity index is 407. The van der Waals surface area contributed by atoms with E-state index in [0.717, 1.165) is 25.7 Å². The summed E-state index contributed by atoms with van der Waals surface area (Å²) in [5.41, 5.74) is 0.456. The second-order valence-electron chi connectivity index (χ2n) is 4.14. The Labute approximate surface area is 118 Å². The van der Waals surface area contributed by atoms with Crippen LogP contribution in [0, 0.1) is 0 Å². The van der Waals surface area contributed by atoms with Crippen molar-refractivity contribution in [1.29, 1.82) is 0 Å². The molecule has 0 aliphatic rings. The number of methoxy groups -OCH3 is 1. The van der Waals surface area contributed by atoms with E-state index in [1.807, 2.05) is 0 Å². The number of rotatable bonds is 9. The lowest BCUT2D eigenvalue weighted by molar-refractivity contribution is 0.112. The maximum atomic E-state index is 10.7. The maximum Gasteiger partial charge on any atom is 0.179 e. The first kappa shape index (κ1) is 15.8. The highest BCUT2D eigenvalue weighted by atomic mass is 35.5. The second kappa shape index (κ2) is 8.77. The van der Waals surface area contributed by atoms with Gasteiger partial charge in [-0.2, -0.15) is 0 Å². The van der Waals surface area contributed by atoms with Gasteiger partial charge in [0, 0.05) is 12.2 Å². The van der Waals surface area contributed by atoms with Crippen molar-refractivity contribution in [3.05, 3.63) is 22.7 Å². The first-order valence-electron chi connectivity index (χ1n) is 6.29. The van der Waals surface area contributed by atoms with Crippen LogP contribution in [0.2, 0.25) is 5.02 Å². The van der Waals surface area contributed by atoms with Crippen molar-refractivity contribution in [2.75, 3.05) is 20.3 Å². The highest BCUT2D eigenvalue weighted by Crippen LogP contribution is 2.36. The Morgan fingerprint density at radius 3 is 2.63 bits per heavy atom. The molecular weight excluding hydrogens is 268 g/mol. The van der Waals surface area contributed by atoms with Gasteiger partial charge in [0.05, 0.1) is 18.7 Å². The zero-order valence-corrected chi connectivity index (χ0v) is 11.8. The zero-order chi connectivity index (χ0) is 14.1. The summed E-state index contributed by atoms with van der Waals surface area (Å²) in [6.45, 7) is 0.760. The van der Waals surface area contributed by atoms with Gasteiger partial charge in [0.25, 0.3) is 0 Å². The standard InChI is InChI=1S/C14H19ClO4/c1-18-13-9-11(10-17)8-12(15)14(13)19-7-5-3-2-4-6-16/h8-10,16H,2-7H2,1H3. The molecule has 0 heterocycles. The van der Waals surface area contributed by atoms with Crippen LogP contribution < -0.4 is 9.47 Å². The van der Waals surface area contributed by atoms with Gasteiger partial charge in [0.15, 0.2) is 11.5 Å². The molecule has 4 nitrogen and oxygen atoms in total. The summed E-state index contributed by atoms with van der Waals surface area (Å²) in [6.07, 6.45) is 4.39. The fourth-order valence-electron chi connectivity index (χ4n) is 1.69. The Morgan fingerprint density at radius 2 is 2.00 bits per heavy atom. The van der Waals surface area contributed by atoms with E-state index in [-0.39, 0.29) is 6.61 Å². The number of carbonyl (C=O) groups excluding carboxylic acids is 1. The predicted molar refractivity (Wildman–Crippen MR) is 74.4 cm³/mol. The average Bonchev–Trinajstić information content (AvgIpc) is 2.43. The number of hydrogen-bond acceptors (Lipinski definition) is 4. The van der Waals surface area contributed by atoms with Crippen LogP contribution in [0.25, 0.3) is 0 Å². The average molecular weight is 287 g/mol. The molecule has 1 N–H and O–H groups in total. The number of benzene rings is 1. The van der Waals surface area contributed by atoms with E-state index in [1.165, 1.54) is 7.11 Å². The molecule has 1 aromatic carbocycles. The third-order valence-electron chi connectivity index (χ3n) is 2.69. The normalized spacial score (nSPS) is 10.3. The van der Waals surface area contributed by atoms with Crippen LogP contribution in [0.15, 0.2) is 12.1 Å². The molecule has 1 aromatic rings. The molecule has 0 amide bonds. The van der Waals surface area contributed by atoms with Crippen molar-refractivity contribution < 1.29 is 19.4 Å². The number of aliphatic hydroxyl groups is 1. The van der Waals surface area contributed by atoms with Gasteiger partial charge >= 0.3 is 0 Å². The van der Waals surface area contributed by atoms with Crippen LogP contribution >= 0.6 is 11.6 Å². The van der Waals surface area contributed by atoms with Crippen molar-refractivity contribution in [1.82, 2.24) is 0 Å². The lowest BCUT2D eigenvalue weighted by Gasteiger charge is -2.12. The van der Waals surface area contributed by atoms with Crippen molar-refractivity contribution in [3.63, 3.8) is 0 Å². The van der Waals surface area contributed by atoms with E-state index >= 15 is 0 Å². The van der Waals surface area contributed by atoms with Crippen molar-refractivity contribution >= 4 is 17.9 Å². The van der Waals surface area contributed by atoms with Gasteiger partial charge in [-0.15, -0.1) is 0 Å². The van der Waals surface area contributed by atoms with Crippen LogP contribution in [-0.4, -0.2) is 31.7 Å². The van der Waals surface area contributed by atoms with Gasteiger partial charge in [0.2, 0.25) is 0 Å². The molecule has 0 bridgehead atoms. The fourth-order valence-corrected chi connectivity index (χ4v) is 1.96. The minimum atomic E-state index is 0.230. The number of aliphatic hydroxyl groups excluding tert-OH is 1. The zero-order valence-electron chi connectivity index (χ0n) is 11.0. The van der Waals surface area contributed by atoms with E-state index in [2.05, 4.69) is 0 Å². The third-order valence-corrected chi connectivity index (χ3v) is 2.97. The van der Waals surface area contributed by atoms with Crippen molar-refractivity contribution in [2.45, 2.75) is 25.7 Å². The number of aldehydes is 1. The van der Waals surface area contributed by atoms with Crippen LogP contribution in [0.5, 0.6) is 11.5 Å². The predicted octanol–water partition coefficient (Wildman–Crippen LogP) is 3.09. The number of halogens is 1. The molecule has 0 spiro atoms. The van der Waals surface area contributed by atoms with Crippen LogP contribution in [0.1, 0.15) is 36.0 Å².